The number of fused-ring (bicyclic) bond motifs is 2. The Labute approximate surface area is 165 Å². The van der Waals surface area contributed by atoms with Gasteiger partial charge in [-0.05, 0) is 86.8 Å². The molecule has 1 aromatic heterocycles. The van der Waals surface area contributed by atoms with Gasteiger partial charge in [-0.1, -0.05) is 18.0 Å². The van der Waals surface area contributed by atoms with Crippen LogP contribution in [-0.4, -0.2) is 11.9 Å². The smallest absolute Gasteiger partial charge is 0.287 e. The van der Waals surface area contributed by atoms with Gasteiger partial charge in [-0.3, -0.25) is 4.79 Å². The number of amides is 1. The molecule has 27 heavy (non-hydrogen) atoms. The van der Waals surface area contributed by atoms with E-state index in [1.807, 2.05) is 25.1 Å². The molecule has 2 aliphatic carbocycles. The number of hydrogen-bond donors (Lipinski definition) is 1. The molecule has 1 heterocycles. The number of rotatable bonds is 6. The predicted octanol–water partition coefficient (Wildman–Crippen LogP) is 5.37. The van der Waals surface area contributed by atoms with Gasteiger partial charge in [-0.15, -0.1) is 0 Å². The Morgan fingerprint density at radius 2 is 2.15 bits per heavy atom. The van der Waals surface area contributed by atoms with Crippen LogP contribution in [0.5, 0.6) is 5.75 Å². The van der Waals surface area contributed by atoms with Crippen LogP contribution in [0.2, 0.25) is 5.02 Å². The third kappa shape index (κ3) is 4.01. The lowest BCUT2D eigenvalue weighted by molar-refractivity contribution is 0.0883. The summed E-state index contributed by atoms with van der Waals surface area (Å²) in [6.07, 6.45) is 5.29. The van der Waals surface area contributed by atoms with Crippen LogP contribution in [0.1, 0.15) is 54.5 Å². The Kier molecular flexibility index (Phi) is 5.18. The Morgan fingerprint density at radius 3 is 2.85 bits per heavy atom. The second kappa shape index (κ2) is 7.59. The van der Waals surface area contributed by atoms with E-state index in [0.29, 0.717) is 22.5 Å². The monoisotopic (exact) mass is 387 g/mol. The lowest BCUT2D eigenvalue weighted by Crippen LogP contribution is -2.40. The van der Waals surface area contributed by atoms with Crippen molar-refractivity contribution >= 4 is 17.5 Å². The Morgan fingerprint density at radius 1 is 1.30 bits per heavy atom. The molecule has 2 bridgehead atoms. The maximum atomic E-state index is 12.5. The quantitative estimate of drug-likeness (QED) is 0.724. The summed E-state index contributed by atoms with van der Waals surface area (Å²) in [6.45, 7) is 4.33. The van der Waals surface area contributed by atoms with E-state index in [9.17, 15) is 4.79 Å². The number of carbonyl (C=O) groups excluding carboxylic acids is 1. The van der Waals surface area contributed by atoms with Crippen LogP contribution in [0.4, 0.5) is 0 Å². The van der Waals surface area contributed by atoms with Crippen LogP contribution >= 0.6 is 11.6 Å². The molecule has 0 spiro atoms. The van der Waals surface area contributed by atoms with Gasteiger partial charge in [-0.2, -0.15) is 0 Å². The molecule has 4 atom stereocenters. The maximum Gasteiger partial charge on any atom is 0.287 e. The van der Waals surface area contributed by atoms with E-state index in [1.165, 1.54) is 25.7 Å². The lowest BCUT2D eigenvalue weighted by atomic mass is 9.84. The van der Waals surface area contributed by atoms with Crippen LogP contribution in [-0.2, 0) is 6.61 Å². The average Bonchev–Trinajstić information content (AvgIpc) is 3.39. The van der Waals surface area contributed by atoms with Crippen molar-refractivity contribution in [1.29, 1.82) is 0 Å². The minimum absolute atomic E-state index is 0.140. The van der Waals surface area contributed by atoms with E-state index < -0.39 is 0 Å². The molecule has 5 heteroatoms. The fourth-order valence-electron chi connectivity index (χ4n) is 4.73. The van der Waals surface area contributed by atoms with Crippen molar-refractivity contribution in [3.63, 3.8) is 0 Å². The fourth-order valence-corrected chi connectivity index (χ4v) is 4.85. The van der Waals surface area contributed by atoms with E-state index in [4.69, 9.17) is 20.8 Å². The summed E-state index contributed by atoms with van der Waals surface area (Å²) in [6, 6.07) is 9.21. The molecule has 4 rings (SSSR count). The minimum Gasteiger partial charge on any atom is -0.486 e. The summed E-state index contributed by atoms with van der Waals surface area (Å²) < 4.78 is 11.4. The second-order valence-electron chi connectivity index (χ2n) is 8.07. The van der Waals surface area contributed by atoms with Crippen molar-refractivity contribution in [3.8, 4) is 5.75 Å². The first-order valence-electron chi connectivity index (χ1n) is 9.78. The largest absolute Gasteiger partial charge is 0.486 e. The van der Waals surface area contributed by atoms with Gasteiger partial charge in [0.15, 0.2) is 5.76 Å². The Balaban J connectivity index is 1.31. The standard InChI is InChI=1S/C22H26ClNO3/c1-13-9-17(5-7-20(13)23)26-12-18-6-8-21(27-18)22(25)24-14(2)19-11-15-3-4-16(19)10-15/h5-9,14-16,19H,3-4,10-12H2,1-2H3,(H,24,25). The third-order valence-electron chi connectivity index (χ3n) is 6.19. The van der Waals surface area contributed by atoms with Gasteiger partial charge < -0.3 is 14.5 Å². The zero-order valence-electron chi connectivity index (χ0n) is 15.8. The lowest BCUT2D eigenvalue weighted by Gasteiger charge is -2.28. The number of hydrogen-bond acceptors (Lipinski definition) is 3. The molecular formula is C22H26ClNO3. The molecule has 4 unspecified atom stereocenters. The summed E-state index contributed by atoms with van der Waals surface area (Å²) in [5.41, 5.74) is 0.961. The topological polar surface area (TPSA) is 51.5 Å². The zero-order chi connectivity index (χ0) is 19.0. The van der Waals surface area contributed by atoms with Crippen LogP contribution in [0.25, 0.3) is 0 Å². The van der Waals surface area contributed by atoms with E-state index in [-0.39, 0.29) is 18.6 Å². The first-order chi connectivity index (χ1) is 13.0. The van der Waals surface area contributed by atoms with Gasteiger partial charge in [0, 0.05) is 11.1 Å². The number of ether oxygens (including phenoxy) is 1. The van der Waals surface area contributed by atoms with Crippen LogP contribution < -0.4 is 10.1 Å². The zero-order valence-corrected chi connectivity index (χ0v) is 16.6. The van der Waals surface area contributed by atoms with Crippen LogP contribution in [0.15, 0.2) is 34.7 Å². The summed E-state index contributed by atoms with van der Waals surface area (Å²) >= 11 is 6.03. The molecule has 0 saturated heterocycles. The molecule has 1 N–H and O–H groups in total. The first-order valence-corrected chi connectivity index (χ1v) is 10.2. The van der Waals surface area contributed by atoms with Crippen molar-refractivity contribution in [3.05, 3.63) is 52.4 Å². The SMILES string of the molecule is Cc1cc(OCc2ccc(C(=O)NC(C)C3CC4CCC3C4)o2)ccc1Cl. The predicted molar refractivity (Wildman–Crippen MR) is 105 cm³/mol. The molecular weight excluding hydrogens is 362 g/mol. The second-order valence-corrected chi connectivity index (χ2v) is 8.47. The molecule has 4 nitrogen and oxygen atoms in total. The molecule has 1 amide bonds. The Bertz CT molecular complexity index is 831. The van der Waals surface area contributed by atoms with Crippen LogP contribution in [0, 0.1) is 24.7 Å². The summed E-state index contributed by atoms with van der Waals surface area (Å²) in [5, 5.41) is 3.85. The highest BCUT2D eigenvalue weighted by atomic mass is 35.5. The average molecular weight is 388 g/mol. The molecule has 1 aromatic carbocycles. The normalized spacial score (nSPS) is 24.8. The van der Waals surface area contributed by atoms with Crippen molar-refractivity contribution in [1.82, 2.24) is 5.32 Å². The van der Waals surface area contributed by atoms with E-state index in [0.717, 1.165) is 23.1 Å². The van der Waals surface area contributed by atoms with Crippen molar-refractivity contribution < 1.29 is 13.9 Å². The van der Waals surface area contributed by atoms with E-state index in [1.54, 1.807) is 12.1 Å². The molecule has 144 valence electrons. The molecule has 2 saturated carbocycles. The highest BCUT2D eigenvalue weighted by molar-refractivity contribution is 6.31. The first kappa shape index (κ1) is 18.4. The van der Waals surface area contributed by atoms with E-state index in [2.05, 4.69) is 12.2 Å². The van der Waals surface area contributed by atoms with Gasteiger partial charge in [-0.25, -0.2) is 0 Å². The Hall–Kier alpha value is -1.94. The molecule has 0 aliphatic heterocycles. The van der Waals surface area contributed by atoms with E-state index >= 15 is 0 Å². The summed E-state index contributed by atoms with van der Waals surface area (Å²) in [5.74, 6) is 3.83. The van der Waals surface area contributed by atoms with Gasteiger partial charge in [0.2, 0.25) is 0 Å². The van der Waals surface area contributed by atoms with Crippen molar-refractivity contribution in [2.45, 2.75) is 52.2 Å². The van der Waals surface area contributed by atoms with Crippen LogP contribution in [0.3, 0.4) is 0 Å². The number of nitrogens with one attached hydrogen (secondary N) is 1. The minimum atomic E-state index is -0.140. The molecule has 2 fully saturated rings. The number of benzene rings is 1. The van der Waals surface area contributed by atoms with Gasteiger partial charge in [0.25, 0.3) is 5.91 Å². The van der Waals surface area contributed by atoms with Gasteiger partial charge >= 0.3 is 0 Å². The van der Waals surface area contributed by atoms with Gasteiger partial charge in [0.05, 0.1) is 0 Å². The molecule has 2 aliphatic rings. The van der Waals surface area contributed by atoms with Crippen molar-refractivity contribution in [2.75, 3.05) is 0 Å². The number of furan rings is 1. The highest BCUT2D eigenvalue weighted by Crippen LogP contribution is 2.49. The fraction of sp³-hybridized carbons (Fsp3) is 0.500. The molecule has 2 aromatic rings. The number of carbonyl (C=O) groups is 1. The van der Waals surface area contributed by atoms with Gasteiger partial charge in [0.1, 0.15) is 18.1 Å². The summed E-state index contributed by atoms with van der Waals surface area (Å²) in [4.78, 5) is 12.5. The summed E-state index contributed by atoms with van der Waals surface area (Å²) in [7, 11) is 0. The molecule has 0 radical (unpaired) electrons. The van der Waals surface area contributed by atoms with Crippen molar-refractivity contribution in [2.24, 2.45) is 17.8 Å². The highest BCUT2D eigenvalue weighted by Gasteiger charge is 2.42. The number of aryl methyl sites for hydroxylation is 1. The number of halogens is 1. The third-order valence-corrected chi connectivity index (χ3v) is 6.61. The maximum absolute atomic E-state index is 12.5.